The number of rotatable bonds is 4. The zero-order valence-corrected chi connectivity index (χ0v) is 24.1. The van der Waals surface area contributed by atoms with Crippen molar-refractivity contribution >= 4 is 33.5 Å². The number of hydrogen-bond donors (Lipinski definition) is 3. The molecule has 1 fully saturated rings. The summed E-state index contributed by atoms with van der Waals surface area (Å²) in [6, 6.07) is 7.96. The highest BCUT2D eigenvalue weighted by atomic mass is 32.2. The van der Waals surface area contributed by atoms with Crippen LogP contribution in [0.25, 0.3) is 0 Å². The van der Waals surface area contributed by atoms with Gasteiger partial charge in [0.1, 0.15) is 11.6 Å². The Morgan fingerprint density at radius 2 is 1.90 bits per heavy atom. The lowest BCUT2D eigenvalue weighted by Crippen LogP contribution is -2.41. The summed E-state index contributed by atoms with van der Waals surface area (Å²) in [5.74, 6) is -0.434. The van der Waals surface area contributed by atoms with Crippen LogP contribution in [0.4, 0.5) is 11.6 Å². The molecule has 0 aromatic carbocycles. The quantitative estimate of drug-likeness (QED) is 0.501. The van der Waals surface area contributed by atoms with E-state index in [2.05, 4.69) is 33.8 Å². The second kappa shape index (κ2) is 10.7. The Hall–Kier alpha value is -3.21. The molecule has 212 valence electrons. The number of nitrogens with zero attached hydrogens (tertiary/aromatic N) is 3. The van der Waals surface area contributed by atoms with Crippen LogP contribution >= 0.6 is 0 Å². The Balaban J connectivity index is 1.78. The van der Waals surface area contributed by atoms with E-state index in [9.17, 15) is 18.0 Å². The molecule has 1 unspecified atom stereocenters. The summed E-state index contributed by atoms with van der Waals surface area (Å²) in [6.07, 6.45) is 3.70. The summed E-state index contributed by atoms with van der Waals surface area (Å²) in [4.78, 5) is 35.9. The summed E-state index contributed by atoms with van der Waals surface area (Å²) in [7, 11) is -4.27. The van der Waals surface area contributed by atoms with E-state index in [0.717, 1.165) is 25.0 Å². The first-order valence-electron chi connectivity index (χ1n) is 13.5. The van der Waals surface area contributed by atoms with Crippen LogP contribution in [0.5, 0.6) is 0 Å². The second-order valence-electron chi connectivity index (χ2n) is 12.3. The first kappa shape index (κ1) is 28.8. The highest BCUT2D eigenvalue weighted by molar-refractivity contribution is 7.90. The number of carbonyl (C=O) groups is 2. The van der Waals surface area contributed by atoms with E-state index in [1.54, 1.807) is 24.3 Å². The topological polar surface area (TPSA) is 142 Å². The number of fused-ring (bicyclic) bond motifs is 6. The number of aliphatic carboxylic acids is 1. The van der Waals surface area contributed by atoms with Crippen LogP contribution in [0.3, 0.4) is 0 Å². The number of hydrogen-bond acceptors (Lipinski definition) is 8. The van der Waals surface area contributed by atoms with Crippen LogP contribution < -0.4 is 14.9 Å². The van der Waals surface area contributed by atoms with Crippen molar-refractivity contribution in [3.8, 4) is 0 Å². The fraction of sp³-hybridized carbons (Fsp3) is 0.571. The summed E-state index contributed by atoms with van der Waals surface area (Å²) >= 11 is 0. The maximum absolute atomic E-state index is 13.5. The Morgan fingerprint density at radius 1 is 1.15 bits per heavy atom. The number of carboxylic acid groups (broad SMARTS) is 1. The molecule has 10 nitrogen and oxygen atoms in total. The number of amides is 1. The van der Waals surface area contributed by atoms with Gasteiger partial charge in [0.05, 0.1) is 5.56 Å². The van der Waals surface area contributed by atoms with Crippen LogP contribution in [0.2, 0.25) is 0 Å². The van der Waals surface area contributed by atoms with E-state index in [-0.39, 0.29) is 34.0 Å². The maximum Gasteiger partial charge on any atom is 0.303 e. The van der Waals surface area contributed by atoms with Crippen molar-refractivity contribution < 1.29 is 23.1 Å². The molecular weight excluding hydrogens is 518 g/mol. The van der Waals surface area contributed by atoms with Gasteiger partial charge in [0.15, 0.2) is 5.03 Å². The molecule has 2 atom stereocenters. The van der Waals surface area contributed by atoms with Crippen molar-refractivity contribution in [1.82, 2.24) is 14.7 Å². The third-order valence-corrected chi connectivity index (χ3v) is 8.78. The molecule has 11 heteroatoms. The predicted octanol–water partition coefficient (Wildman–Crippen LogP) is 4.33. The normalized spacial score (nSPS) is 22.6. The fourth-order valence-electron chi connectivity index (χ4n) is 5.51. The molecule has 2 aromatic heterocycles. The molecule has 4 rings (SSSR count). The van der Waals surface area contributed by atoms with Gasteiger partial charge in [-0.15, -0.1) is 0 Å². The first-order valence-corrected chi connectivity index (χ1v) is 15.0. The van der Waals surface area contributed by atoms with Gasteiger partial charge in [-0.1, -0.05) is 26.8 Å². The molecule has 0 aliphatic carbocycles. The lowest BCUT2D eigenvalue weighted by molar-refractivity contribution is -0.137. The summed E-state index contributed by atoms with van der Waals surface area (Å²) in [6.45, 7) is 11.1. The molecule has 0 saturated carbocycles. The van der Waals surface area contributed by atoms with Crippen molar-refractivity contribution in [3.05, 3.63) is 41.6 Å². The number of pyridine rings is 2. The van der Waals surface area contributed by atoms with Gasteiger partial charge in [0, 0.05) is 35.7 Å². The standard InChI is InChI=1S/C28H39N5O5S/c1-27(2,3)21-15-14-20-25(30-21)33-17-18(16-28(33,4)5)12-13-19(8-6-11-24(34)35)29-22-9-7-10-23(31-22)39(37,38)32-26(20)36/h7,9-10,14-15,18-19H,6,8,11-13,16-17H2,1-5H3,(H,29,31)(H,32,36)(H,34,35)/t18-,19?/m0/s1. The van der Waals surface area contributed by atoms with Crippen LogP contribution in [0, 0.1) is 5.92 Å². The minimum absolute atomic E-state index is 0.0643. The number of nitrogens with one attached hydrogen (secondary N) is 2. The second-order valence-corrected chi connectivity index (χ2v) is 13.9. The lowest BCUT2D eigenvalue weighted by Gasteiger charge is -2.34. The van der Waals surface area contributed by atoms with Gasteiger partial charge in [-0.2, -0.15) is 8.42 Å². The van der Waals surface area contributed by atoms with Crippen LogP contribution in [-0.4, -0.2) is 53.5 Å². The van der Waals surface area contributed by atoms with Crippen LogP contribution in [-0.2, 0) is 20.2 Å². The Bertz CT molecular complexity index is 1350. The largest absolute Gasteiger partial charge is 0.481 e. The average molecular weight is 558 g/mol. The van der Waals surface area contributed by atoms with Crippen LogP contribution in [0.15, 0.2) is 35.4 Å². The maximum atomic E-state index is 13.5. The summed E-state index contributed by atoms with van der Waals surface area (Å²) < 4.78 is 28.7. The smallest absolute Gasteiger partial charge is 0.303 e. The molecule has 2 aromatic rings. The third-order valence-electron chi connectivity index (χ3n) is 7.55. The Labute approximate surface area is 230 Å². The molecule has 2 aliphatic heterocycles. The Kier molecular flexibility index (Phi) is 7.93. The number of anilines is 2. The highest BCUT2D eigenvalue weighted by Gasteiger charge is 2.41. The average Bonchev–Trinajstić information content (AvgIpc) is 3.14. The molecule has 1 amide bonds. The van der Waals surface area contributed by atoms with Gasteiger partial charge in [0.25, 0.3) is 15.9 Å². The number of sulfonamides is 1. The molecule has 2 aliphatic rings. The minimum Gasteiger partial charge on any atom is -0.481 e. The summed E-state index contributed by atoms with van der Waals surface area (Å²) in [5.41, 5.74) is 0.441. The van der Waals surface area contributed by atoms with Crippen molar-refractivity contribution in [2.24, 2.45) is 5.92 Å². The van der Waals surface area contributed by atoms with E-state index < -0.39 is 21.9 Å². The number of aromatic nitrogens is 2. The predicted molar refractivity (Wildman–Crippen MR) is 149 cm³/mol. The van der Waals surface area contributed by atoms with Gasteiger partial charge in [-0.3, -0.25) is 9.59 Å². The lowest BCUT2D eigenvalue weighted by atomic mass is 9.90. The molecule has 4 bridgehead atoms. The Morgan fingerprint density at radius 3 is 2.59 bits per heavy atom. The van der Waals surface area contributed by atoms with Gasteiger partial charge >= 0.3 is 5.97 Å². The molecule has 39 heavy (non-hydrogen) atoms. The molecule has 0 spiro atoms. The van der Waals surface area contributed by atoms with Gasteiger partial charge in [0.2, 0.25) is 0 Å². The number of carboxylic acids is 1. The molecule has 1 saturated heterocycles. The molecule has 4 heterocycles. The van der Waals surface area contributed by atoms with E-state index in [4.69, 9.17) is 10.1 Å². The van der Waals surface area contributed by atoms with Crippen molar-refractivity contribution in [2.45, 2.75) is 95.2 Å². The number of carbonyl (C=O) groups excluding carboxylic acids is 1. The van der Waals surface area contributed by atoms with E-state index in [0.29, 0.717) is 36.9 Å². The van der Waals surface area contributed by atoms with Crippen LogP contribution in [0.1, 0.15) is 89.2 Å². The first-order chi connectivity index (χ1) is 18.2. The van der Waals surface area contributed by atoms with E-state index in [1.165, 1.54) is 6.07 Å². The molecule has 3 N–H and O–H groups in total. The fourth-order valence-corrected chi connectivity index (χ4v) is 6.45. The molecule has 0 radical (unpaired) electrons. The minimum atomic E-state index is -4.27. The monoisotopic (exact) mass is 557 g/mol. The summed E-state index contributed by atoms with van der Waals surface area (Å²) in [5, 5.41) is 12.2. The van der Waals surface area contributed by atoms with Gasteiger partial charge in [-0.05, 0) is 76.1 Å². The molecular formula is C28H39N5O5S. The van der Waals surface area contributed by atoms with Crippen molar-refractivity contribution in [2.75, 3.05) is 16.8 Å². The van der Waals surface area contributed by atoms with E-state index in [1.807, 2.05) is 20.8 Å². The van der Waals surface area contributed by atoms with E-state index >= 15 is 0 Å². The van der Waals surface area contributed by atoms with Gasteiger partial charge < -0.3 is 15.3 Å². The van der Waals surface area contributed by atoms with Gasteiger partial charge in [-0.25, -0.2) is 14.7 Å². The highest BCUT2D eigenvalue weighted by Crippen LogP contribution is 2.40. The van der Waals surface area contributed by atoms with Crippen molar-refractivity contribution in [3.63, 3.8) is 0 Å². The van der Waals surface area contributed by atoms with Crippen molar-refractivity contribution in [1.29, 1.82) is 0 Å². The third kappa shape index (κ3) is 6.69. The zero-order valence-electron chi connectivity index (χ0n) is 23.3. The zero-order chi connectivity index (χ0) is 28.6. The SMILES string of the molecule is CC(C)(C)c1ccc2c(n1)N1C[C@@H](CCC(CCCC(=O)O)Nc3cccc(n3)S(=O)(=O)NC2=O)CC1(C)C.